The quantitative estimate of drug-likeness (QED) is 0.839. The Morgan fingerprint density at radius 2 is 1.86 bits per heavy atom. The molecule has 1 aromatic heterocycles. The van der Waals surface area contributed by atoms with Gasteiger partial charge in [-0.05, 0) is 42.8 Å². The number of rotatable bonds is 4. The maximum Gasteiger partial charge on any atom is 0.417 e. The first-order valence-electron chi connectivity index (χ1n) is 8.69. The summed E-state index contributed by atoms with van der Waals surface area (Å²) in [6.07, 6.45) is -2.93. The van der Waals surface area contributed by atoms with Gasteiger partial charge in [0.2, 0.25) is 5.91 Å². The van der Waals surface area contributed by atoms with Crippen molar-refractivity contribution in [3.8, 4) is 0 Å². The lowest BCUT2D eigenvalue weighted by molar-refractivity contribution is -0.137. The fourth-order valence-corrected chi connectivity index (χ4v) is 3.00. The van der Waals surface area contributed by atoms with Crippen molar-refractivity contribution in [2.75, 3.05) is 23.3 Å². The number of nitrogens with one attached hydrogen (secondary N) is 2. The average Bonchev–Trinajstić information content (AvgIpc) is 3.09. The molecular weight excluding hydrogens is 373 g/mol. The highest BCUT2D eigenvalue weighted by molar-refractivity contribution is 5.95. The van der Waals surface area contributed by atoms with Crippen LogP contribution in [0.3, 0.4) is 0 Å². The topological polar surface area (TPSA) is 74.3 Å². The molecule has 2 N–H and O–H groups in total. The zero-order chi connectivity index (χ0) is 20.3. The molecule has 0 bridgehead atoms. The third kappa shape index (κ3) is 4.79. The number of amides is 2. The summed E-state index contributed by atoms with van der Waals surface area (Å²) in [5.41, 5.74) is 0.271. The summed E-state index contributed by atoms with van der Waals surface area (Å²) >= 11 is 0. The molecule has 0 saturated carbocycles. The number of nitrogens with zero attached hydrogens (tertiary/aromatic N) is 2. The molecule has 2 heterocycles. The van der Waals surface area contributed by atoms with Crippen LogP contribution in [0.25, 0.3) is 0 Å². The van der Waals surface area contributed by atoms with E-state index in [1.165, 1.54) is 13.0 Å². The van der Waals surface area contributed by atoms with Gasteiger partial charge in [0.15, 0.2) is 0 Å². The molecule has 1 unspecified atom stereocenters. The summed E-state index contributed by atoms with van der Waals surface area (Å²) in [4.78, 5) is 29.1. The Hall–Kier alpha value is -3.10. The number of carbonyl (C=O) groups excluding carboxylic acids is 2. The van der Waals surface area contributed by atoms with Crippen LogP contribution in [0.4, 0.5) is 24.7 Å². The Balaban J connectivity index is 1.57. The molecule has 1 fully saturated rings. The number of halogens is 3. The van der Waals surface area contributed by atoms with E-state index in [0.717, 1.165) is 12.3 Å². The van der Waals surface area contributed by atoms with Crippen LogP contribution in [0.5, 0.6) is 0 Å². The number of anilines is 2. The molecule has 2 aromatic rings. The van der Waals surface area contributed by atoms with Gasteiger partial charge in [-0.2, -0.15) is 13.2 Å². The lowest BCUT2D eigenvalue weighted by Crippen LogP contribution is -2.37. The molecule has 0 aliphatic carbocycles. The minimum atomic E-state index is -4.41. The molecule has 1 aliphatic heterocycles. The number of aromatic nitrogens is 1. The molecule has 1 aromatic carbocycles. The molecule has 1 saturated heterocycles. The average molecular weight is 392 g/mol. The molecule has 9 heteroatoms. The fraction of sp³-hybridized carbons (Fsp3) is 0.316. The van der Waals surface area contributed by atoms with Crippen molar-refractivity contribution in [1.82, 2.24) is 10.3 Å². The fourth-order valence-electron chi connectivity index (χ4n) is 3.00. The minimum Gasteiger partial charge on any atom is -0.354 e. The zero-order valence-electron chi connectivity index (χ0n) is 15.1. The highest BCUT2D eigenvalue weighted by atomic mass is 19.4. The van der Waals surface area contributed by atoms with Crippen molar-refractivity contribution in [2.45, 2.75) is 25.6 Å². The maximum atomic E-state index is 12.6. The Labute approximate surface area is 159 Å². The number of pyridine rings is 1. The molecular formula is C19H19F3N4O2. The van der Waals surface area contributed by atoms with Gasteiger partial charge in [0.1, 0.15) is 5.82 Å². The molecule has 1 aliphatic rings. The lowest BCUT2D eigenvalue weighted by atomic mass is 10.1. The van der Waals surface area contributed by atoms with Crippen molar-refractivity contribution >= 4 is 23.3 Å². The number of hydrogen-bond donors (Lipinski definition) is 2. The second kappa shape index (κ2) is 7.87. The first kappa shape index (κ1) is 19.7. The third-order valence-electron chi connectivity index (χ3n) is 4.39. The van der Waals surface area contributed by atoms with Gasteiger partial charge in [0, 0.05) is 43.5 Å². The largest absolute Gasteiger partial charge is 0.417 e. The second-order valence-corrected chi connectivity index (χ2v) is 6.57. The molecule has 6 nitrogen and oxygen atoms in total. The minimum absolute atomic E-state index is 0.133. The van der Waals surface area contributed by atoms with E-state index in [2.05, 4.69) is 15.6 Å². The normalized spacial score (nSPS) is 16.7. The van der Waals surface area contributed by atoms with E-state index >= 15 is 0 Å². The van der Waals surface area contributed by atoms with E-state index in [4.69, 9.17) is 0 Å². The highest BCUT2D eigenvalue weighted by Gasteiger charge is 2.31. The zero-order valence-corrected chi connectivity index (χ0v) is 15.1. The van der Waals surface area contributed by atoms with Crippen LogP contribution >= 0.6 is 0 Å². The van der Waals surface area contributed by atoms with Crippen molar-refractivity contribution in [3.05, 3.63) is 53.7 Å². The van der Waals surface area contributed by atoms with Gasteiger partial charge in [0.25, 0.3) is 5.91 Å². The lowest BCUT2D eigenvalue weighted by Gasteiger charge is -2.18. The number of hydrogen-bond acceptors (Lipinski definition) is 4. The van der Waals surface area contributed by atoms with E-state index in [1.54, 1.807) is 24.3 Å². The molecule has 1 atom stereocenters. The van der Waals surface area contributed by atoms with Gasteiger partial charge in [0.05, 0.1) is 5.56 Å². The standard InChI is InChI=1S/C19H19F3N4O2/c1-12(27)24-15-5-2-13(3-6-15)18(28)25-16-8-9-26(11-16)17-7-4-14(10-23-17)19(20,21)22/h2-7,10,16H,8-9,11H2,1H3,(H,24,27)(H,25,28). The van der Waals surface area contributed by atoms with Crippen molar-refractivity contribution in [3.63, 3.8) is 0 Å². The van der Waals surface area contributed by atoms with Crippen LogP contribution in [0.1, 0.15) is 29.3 Å². The smallest absolute Gasteiger partial charge is 0.354 e. The summed E-state index contributed by atoms with van der Waals surface area (Å²) in [5.74, 6) is 0.00568. The third-order valence-corrected chi connectivity index (χ3v) is 4.39. The van der Waals surface area contributed by atoms with Crippen LogP contribution < -0.4 is 15.5 Å². The molecule has 148 valence electrons. The monoisotopic (exact) mass is 392 g/mol. The SMILES string of the molecule is CC(=O)Nc1ccc(C(=O)NC2CCN(c3ccc(C(F)(F)F)cn3)C2)cc1. The molecule has 28 heavy (non-hydrogen) atoms. The number of benzene rings is 1. The highest BCUT2D eigenvalue weighted by Crippen LogP contribution is 2.29. The van der Waals surface area contributed by atoms with E-state index in [9.17, 15) is 22.8 Å². The van der Waals surface area contributed by atoms with E-state index in [1.807, 2.05) is 4.90 Å². The first-order chi connectivity index (χ1) is 13.2. The van der Waals surface area contributed by atoms with Gasteiger partial charge in [-0.15, -0.1) is 0 Å². The van der Waals surface area contributed by atoms with Crippen LogP contribution in [-0.4, -0.2) is 35.9 Å². The predicted octanol–water partition coefficient (Wildman–Crippen LogP) is 3.07. The summed E-state index contributed by atoms with van der Waals surface area (Å²) in [5, 5.41) is 5.54. The maximum absolute atomic E-state index is 12.6. The molecule has 2 amide bonds. The summed E-state index contributed by atoms with van der Waals surface area (Å²) < 4.78 is 37.9. The molecule has 0 spiro atoms. The molecule has 0 radical (unpaired) electrons. The van der Waals surface area contributed by atoms with Crippen molar-refractivity contribution in [1.29, 1.82) is 0 Å². The summed E-state index contributed by atoms with van der Waals surface area (Å²) in [6.45, 7) is 2.46. The van der Waals surface area contributed by atoms with Gasteiger partial charge >= 0.3 is 6.18 Å². The van der Waals surface area contributed by atoms with Crippen molar-refractivity contribution in [2.24, 2.45) is 0 Å². The van der Waals surface area contributed by atoms with E-state index < -0.39 is 11.7 Å². The Kier molecular flexibility index (Phi) is 5.53. The van der Waals surface area contributed by atoms with Gasteiger partial charge in [-0.25, -0.2) is 4.98 Å². The van der Waals surface area contributed by atoms with E-state index in [-0.39, 0.29) is 17.9 Å². The Morgan fingerprint density at radius 1 is 1.14 bits per heavy atom. The summed E-state index contributed by atoms with van der Waals surface area (Å²) in [6, 6.07) is 8.73. The van der Waals surface area contributed by atoms with Gasteiger partial charge in [-0.1, -0.05) is 0 Å². The summed E-state index contributed by atoms with van der Waals surface area (Å²) in [7, 11) is 0. The van der Waals surface area contributed by atoms with Crippen LogP contribution in [0.2, 0.25) is 0 Å². The van der Waals surface area contributed by atoms with Crippen LogP contribution in [0, 0.1) is 0 Å². The molecule has 3 rings (SSSR count). The number of alkyl halides is 3. The predicted molar refractivity (Wildman–Crippen MR) is 98.1 cm³/mol. The van der Waals surface area contributed by atoms with Crippen LogP contribution in [-0.2, 0) is 11.0 Å². The van der Waals surface area contributed by atoms with E-state index in [0.29, 0.717) is 36.6 Å². The van der Waals surface area contributed by atoms with Crippen LogP contribution in [0.15, 0.2) is 42.6 Å². The Morgan fingerprint density at radius 3 is 2.43 bits per heavy atom. The first-order valence-corrected chi connectivity index (χ1v) is 8.69. The second-order valence-electron chi connectivity index (χ2n) is 6.57. The van der Waals surface area contributed by atoms with Gasteiger partial charge < -0.3 is 15.5 Å². The van der Waals surface area contributed by atoms with Gasteiger partial charge in [-0.3, -0.25) is 9.59 Å². The van der Waals surface area contributed by atoms with Crippen molar-refractivity contribution < 1.29 is 22.8 Å². The number of carbonyl (C=O) groups is 2. The Bertz CT molecular complexity index is 851.